The van der Waals surface area contributed by atoms with Gasteiger partial charge in [-0.3, -0.25) is 4.99 Å². The summed E-state index contributed by atoms with van der Waals surface area (Å²) < 4.78 is 25.4. The molecule has 0 saturated carbocycles. The second-order valence-corrected chi connectivity index (χ2v) is 8.47. The monoisotopic (exact) mass is 480 g/mol. The van der Waals surface area contributed by atoms with Crippen molar-refractivity contribution in [2.24, 2.45) is 4.99 Å². The molecule has 1 fully saturated rings. The molecule has 1 saturated heterocycles. The van der Waals surface area contributed by atoms with Crippen LogP contribution in [0.15, 0.2) is 35.3 Å². The summed E-state index contributed by atoms with van der Waals surface area (Å²) in [4.78, 5) is 6.58. The molecule has 2 rings (SSSR count). The van der Waals surface area contributed by atoms with E-state index in [1.54, 1.807) is 14.0 Å². The minimum absolute atomic E-state index is 0. The fraction of sp³-hybridized carbons (Fsp3) is 0.588. The summed E-state index contributed by atoms with van der Waals surface area (Å²) in [5.41, 5.74) is 1.46. The van der Waals surface area contributed by atoms with Crippen molar-refractivity contribution in [2.75, 3.05) is 39.0 Å². The molecule has 1 aliphatic rings. The Labute approximate surface area is 168 Å². The minimum Gasteiger partial charge on any atom is -0.355 e. The molecular weight excluding hydrogens is 451 g/mol. The quantitative estimate of drug-likeness (QED) is 0.282. The van der Waals surface area contributed by atoms with Crippen molar-refractivity contribution in [2.45, 2.75) is 25.7 Å². The molecule has 0 aromatic heterocycles. The van der Waals surface area contributed by atoms with Gasteiger partial charge in [0.1, 0.15) is 0 Å². The summed E-state index contributed by atoms with van der Waals surface area (Å²) in [6.45, 7) is 6.63. The highest BCUT2D eigenvalue weighted by Crippen LogP contribution is 2.33. The number of halogens is 1. The van der Waals surface area contributed by atoms with Gasteiger partial charge in [-0.25, -0.2) is 13.1 Å². The highest BCUT2D eigenvalue weighted by atomic mass is 127. The number of likely N-dealkylation sites (tertiary alicyclic amines) is 1. The van der Waals surface area contributed by atoms with Gasteiger partial charge >= 0.3 is 0 Å². The van der Waals surface area contributed by atoms with Crippen LogP contribution in [-0.4, -0.2) is 58.3 Å². The summed E-state index contributed by atoms with van der Waals surface area (Å²) in [6.07, 6.45) is 1.07. The fourth-order valence-electron chi connectivity index (χ4n) is 3.03. The van der Waals surface area contributed by atoms with Crippen molar-refractivity contribution >= 4 is 40.0 Å². The van der Waals surface area contributed by atoms with E-state index in [2.05, 4.69) is 51.1 Å². The Balaban J connectivity index is 0.00000312. The van der Waals surface area contributed by atoms with Gasteiger partial charge in [-0.05, 0) is 18.9 Å². The van der Waals surface area contributed by atoms with Crippen LogP contribution in [0.25, 0.3) is 0 Å². The van der Waals surface area contributed by atoms with Crippen LogP contribution >= 0.6 is 24.0 Å². The molecule has 1 aromatic rings. The third-order valence-electron chi connectivity index (χ3n) is 4.57. The smallest absolute Gasteiger partial charge is 0.211 e. The summed E-state index contributed by atoms with van der Waals surface area (Å²) in [6, 6.07) is 10.6. The minimum atomic E-state index is -3.14. The number of guanidine groups is 1. The van der Waals surface area contributed by atoms with E-state index in [4.69, 9.17) is 0 Å². The number of aliphatic imine (C=N–C) groups is 1. The average molecular weight is 480 g/mol. The largest absolute Gasteiger partial charge is 0.355 e. The zero-order valence-electron chi connectivity index (χ0n) is 15.2. The number of nitrogens with zero attached hydrogens (tertiary/aromatic N) is 2. The molecule has 0 spiro atoms. The maximum atomic E-state index is 11.4. The Kier molecular flexibility index (Phi) is 8.62. The fourth-order valence-corrected chi connectivity index (χ4v) is 3.65. The van der Waals surface area contributed by atoms with Crippen LogP contribution in [0.2, 0.25) is 0 Å². The van der Waals surface area contributed by atoms with Crippen molar-refractivity contribution in [3.8, 4) is 0 Å². The molecule has 142 valence electrons. The van der Waals surface area contributed by atoms with E-state index in [1.807, 2.05) is 6.07 Å². The van der Waals surface area contributed by atoms with E-state index in [1.165, 1.54) is 5.56 Å². The summed E-state index contributed by atoms with van der Waals surface area (Å²) in [5.74, 6) is 0.925. The molecule has 6 nitrogen and oxygen atoms in total. The molecule has 0 aliphatic carbocycles. The Morgan fingerprint density at radius 2 is 1.96 bits per heavy atom. The van der Waals surface area contributed by atoms with Gasteiger partial charge in [0, 0.05) is 38.6 Å². The number of sulfonamides is 1. The second kappa shape index (κ2) is 9.72. The Bertz CT molecular complexity index is 666. The lowest BCUT2D eigenvalue weighted by Crippen LogP contribution is -2.44. The van der Waals surface area contributed by atoms with Gasteiger partial charge < -0.3 is 10.2 Å². The zero-order valence-corrected chi connectivity index (χ0v) is 18.3. The van der Waals surface area contributed by atoms with Crippen LogP contribution in [0, 0.1) is 0 Å². The van der Waals surface area contributed by atoms with E-state index in [-0.39, 0.29) is 35.1 Å². The summed E-state index contributed by atoms with van der Waals surface area (Å²) in [5, 5.41) is 3.25. The Morgan fingerprint density at radius 3 is 2.56 bits per heavy atom. The summed E-state index contributed by atoms with van der Waals surface area (Å²) in [7, 11) is -1.38. The highest BCUT2D eigenvalue weighted by Gasteiger charge is 2.36. The molecule has 1 unspecified atom stereocenters. The zero-order chi connectivity index (χ0) is 17.6. The van der Waals surface area contributed by atoms with Crippen molar-refractivity contribution in [1.29, 1.82) is 0 Å². The highest BCUT2D eigenvalue weighted by molar-refractivity contribution is 14.0. The van der Waals surface area contributed by atoms with Gasteiger partial charge in [-0.15, -0.1) is 24.0 Å². The van der Waals surface area contributed by atoms with Gasteiger partial charge in [-0.2, -0.15) is 0 Å². The van der Waals surface area contributed by atoms with E-state index < -0.39 is 10.0 Å². The van der Waals surface area contributed by atoms with E-state index in [0.29, 0.717) is 13.1 Å². The molecule has 0 radical (unpaired) electrons. The topological polar surface area (TPSA) is 73.8 Å². The van der Waals surface area contributed by atoms with E-state index in [0.717, 1.165) is 25.5 Å². The average Bonchev–Trinajstić information content (AvgIpc) is 2.99. The van der Waals surface area contributed by atoms with E-state index in [9.17, 15) is 8.42 Å². The van der Waals surface area contributed by atoms with Crippen LogP contribution in [0.3, 0.4) is 0 Å². The van der Waals surface area contributed by atoms with E-state index >= 15 is 0 Å². The lowest BCUT2D eigenvalue weighted by Gasteiger charge is -2.27. The third-order valence-corrected chi connectivity index (χ3v) is 5.97. The Hall–Kier alpha value is -0.870. The molecule has 2 N–H and O–H groups in total. The molecule has 25 heavy (non-hydrogen) atoms. The maximum Gasteiger partial charge on any atom is 0.211 e. The molecule has 1 atom stereocenters. The molecular formula is C17H29IN4O2S. The molecule has 1 aliphatic heterocycles. The first-order valence-electron chi connectivity index (χ1n) is 8.39. The van der Waals surface area contributed by atoms with Gasteiger partial charge in [-0.1, -0.05) is 37.3 Å². The number of hydrogen-bond donors (Lipinski definition) is 2. The van der Waals surface area contributed by atoms with Crippen molar-refractivity contribution in [3.05, 3.63) is 35.9 Å². The van der Waals surface area contributed by atoms with Crippen LogP contribution < -0.4 is 10.0 Å². The van der Waals surface area contributed by atoms with Crippen LogP contribution in [0.5, 0.6) is 0 Å². The first-order chi connectivity index (χ1) is 11.4. The number of rotatable bonds is 6. The number of benzene rings is 1. The van der Waals surface area contributed by atoms with Gasteiger partial charge in [0.2, 0.25) is 10.0 Å². The van der Waals surface area contributed by atoms with Crippen molar-refractivity contribution < 1.29 is 8.42 Å². The van der Waals surface area contributed by atoms with Gasteiger partial charge in [0.25, 0.3) is 0 Å². The Morgan fingerprint density at radius 1 is 1.28 bits per heavy atom. The second-order valence-electron chi connectivity index (χ2n) is 6.37. The van der Waals surface area contributed by atoms with Crippen molar-refractivity contribution in [1.82, 2.24) is 14.9 Å². The SMILES string of the molecule is CCS(=O)(=O)NCCNC(=NC)N1CCC(C)(c2ccccc2)C1.I. The van der Waals surface area contributed by atoms with Crippen molar-refractivity contribution in [3.63, 3.8) is 0 Å². The van der Waals surface area contributed by atoms with Crippen LogP contribution in [-0.2, 0) is 15.4 Å². The first-order valence-corrected chi connectivity index (χ1v) is 10.0. The molecule has 8 heteroatoms. The molecule has 0 amide bonds. The maximum absolute atomic E-state index is 11.4. The molecule has 1 heterocycles. The van der Waals surface area contributed by atoms with Crippen LogP contribution in [0.1, 0.15) is 25.8 Å². The third kappa shape index (κ3) is 6.10. The normalized spacial score (nSPS) is 21.1. The number of hydrogen-bond acceptors (Lipinski definition) is 3. The predicted octanol–water partition coefficient (Wildman–Crippen LogP) is 1.78. The lowest BCUT2D eigenvalue weighted by atomic mass is 9.82. The number of nitrogens with one attached hydrogen (secondary N) is 2. The molecule has 1 aromatic carbocycles. The van der Waals surface area contributed by atoms with Gasteiger partial charge in [0.15, 0.2) is 5.96 Å². The lowest BCUT2D eigenvalue weighted by molar-refractivity contribution is 0.439. The predicted molar refractivity (Wildman–Crippen MR) is 114 cm³/mol. The van der Waals surface area contributed by atoms with Crippen LogP contribution in [0.4, 0.5) is 0 Å². The standard InChI is InChI=1S/C17H28N4O2S.HI/c1-4-24(22,23)20-12-11-19-16(18-3)21-13-10-17(2,14-21)15-8-6-5-7-9-15;/h5-9,20H,4,10-14H2,1-3H3,(H,18,19);1H. The molecule has 0 bridgehead atoms. The summed E-state index contributed by atoms with van der Waals surface area (Å²) >= 11 is 0. The van der Waals surface area contributed by atoms with Gasteiger partial charge in [0.05, 0.1) is 5.75 Å². The first kappa shape index (κ1) is 22.2.